The van der Waals surface area contributed by atoms with Crippen LogP contribution in [-0.2, 0) is 6.61 Å². The Labute approximate surface area is 102 Å². The zero-order valence-corrected chi connectivity index (χ0v) is 9.65. The Bertz CT molecular complexity index is 483. The summed E-state index contributed by atoms with van der Waals surface area (Å²) in [6.45, 7) is 1.76. The van der Waals surface area contributed by atoms with Crippen LogP contribution in [0.15, 0.2) is 24.3 Å². The smallest absolute Gasteiger partial charge is 0.168 e. The van der Waals surface area contributed by atoms with Crippen molar-refractivity contribution in [2.75, 3.05) is 5.73 Å². The fourth-order valence-corrected chi connectivity index (χ4v) is 1.48. The van der Waals surface area contributed by atoms with E-state index in [1.54, 1.807) is 13.0 Å². The van der Waals surface area contributed by atoms with Crippen LogP contribution >= 0.6 is 0 Å². The highest BCUT2D eigenvalue weighted by atomic mass is 19.1. The molecule has 6 heteroatoms. The van der Waals surface area contributed by atoms with Gasteiger partial charge < -0.3 is 10.5 Å². The van der Waals surface area contributed by atoms with E-state index in [1.807, 2.05) is 0 Å². The van der Waals surface area contributed by atoms with Gasteiger partial charge in [0.15, 0.2) is 5.82 Å². The molecule has 0 fully saturated rings. The summed E-state index contributed by atoms with van der Waals surface area (Å²) in [5, 5.41) is 0. The van der Waals surface area contributed by atoms with Crippen LogP contribution in [0.4, 0.5) is 14.6 Å². The molecule has 0 aliphatic rings. The van der Waals surface area contributed by atoms with Crippen molar-refractivity contribution in [3.05, 3.63) is 47.4 Å². The molecule has 0 saturated heterocycles. The van der Waals surface area contributed by atoms with E-state index in [4.69, 9.17) is 10.5 Å². The van der Waals surface area contributed by atoms with Gasteiger partial charge in [-0.15, -0.1) is 0 Å². The second-order valence-corrected chi connectivity index (χ2v) is 3.74. The average molecular weight is 251 g/mol. The van der Waals surface area contributed by atoms with Crippen LogP contribution in [0.3, 0.4) is 0 Å². The molecule has 0 spiro atoms. The molecular formula is C12H11F2N3O. The van der Waals surface area contributed by atoms with E-state index in [-0.39, 0.29) is 12.4 Å². The van der Waals surface area contributed by atoms with Crippen molar-refractivity contribution >= 4 is 5.82 Å². The number of hydrogen-bond donors (Lipinski definition) is 1. The molecular weight excluding hydrogens is 240 g/mol. The van der Waals surface area contributed by atoms with E-state index in [2.05, 4.69) is 9.97 Å². The predicted octanol–water partition coefficient (Wildman–Crippen LogP) is 2.22. The standard InChI is InChI=1S/C12H11F2N3O/c1-7-2-11(15)17-12(16-7)6-18-10-4-8(13)3-9(14)5-10/h2-5H,6H2,1H3,(H2,15,16,17). The van der Waals surface area contributed by atoms with Gasteiger partial charge in [0, 0.05) is 30.0 Å². The molecule has 0 bridgehead atoms. The van der Waals surface area contributed by atoms with Crippen LogP contribution in [0.2, 0.25) is 0 Å². The minimum Gasteiger partial charge on any atom is -0.485 e. The van der Waals surface area contributed by atoms with Crippen LogP contribution in [0.1, 0.15) is 11.5 Å². The lowest BCUT2D eigenvalue weighted by molar-refractivity contribution is 0.292. The number of hydrogen-bond acceptors (Lipinski definition) is 4. The van der Waals surface area contributed by atoms with Gasteiger partial charge in [-0.2, -0.15) is 0 Å². The van der Waals surface area contributed by atoms with Gasteiger partial charge in [0.05, 0.1) is 0 Å². The van der Waals surface area contributed by atoms with Crippen molar-refractivity contribution in [1.82, 2.24) is 9.97 Å². The molecule has 94 valence electrons. The van der Waals surface area contributed by atoms with Crippen LogP contribution in [0.5, 0.6) is 5.75 Å². The molecule has 0 radical (unpaired) electrons. The SMILES string of the molecule is Cc1cc(N)nc(COc2cc(F)cc(F)c2)n1. The largest absolute Gasteiger partial charge is 0.485 e. The molecule has 4 nitrogen and oxygen atoms in total. The Morgan fingerprint density at radius 3 is 2.39 bits per heavy atom. The summed E-state index contributed by atoms with van der Waals surface area (Å²) in [6, 6.07) is 4.56. The van der Waals surface area contributed by atoms with Gasteiger partial charge in [0.2, 0.25) is 0 Å². The zero-order chi connectivity index (χ0) is 13.1. The molecule has 1 aromatic heterocycles. The van der Waals surface area contributed by atoms with Gasteiger partial charge in [0.25, 0.3) is 0 Å². The van der Waals surface area contributed by atoms with Gasteiger partial charge in [-0.3, -0.25) is 0 Å². The molecule has 0 atom stereocenters. The Morgan fingerprint density at radius 1 is 1.11 bits per heavy atom. The quantitative estimate of drug-likeness (QED) is 0.908. The number of benzene rings is 1. The highest BCUT2D eigenvalue weighted by molar-refractivity contribution is 5.29. The van der Waals surface area contributed by atoms with Crippen molar-refractivity contribution in [2.24, 2.45) is 0 Å². The third-order valence-corrected chi connectivity index (χ3v) is 2.12. The molecule has 1 aromatic carbocycles. The lowest BCUT2D eigenvalue weighted by Crippen LogP contribution is -2.05. The van der Waals surface area contributed by atoms with Crippen LogP contribution in [0, 0.1) is 18.6 Å². The molecule has 2 N–H and O–H groups in total. The van der Waals surface area contributed by atoms with Crippen molar-refractivity contribution in [1.29, 1.82) is 0 Å². The third-order valence-electron chi connectivity index (χ3n) is 2.12. The summed E-state index contributed by atoms with van der Waals surface area (Å²) in [5.74, 6) is -0.635. The summed E-state index contributed by atoms with van der Waals surface area (Å²) in [7, 11) is 0. The first kappa shape index (κ1) is 12.2. The predicted molar refractivity (Wildman–Crippen MR) is 61.9 cm³/mol. The molecule has 18 heavy (non-hydrogen) atoms. The third kappa shape index (κ3) is 3.13. The van der Waals surface area contributed by atoms with Gasteiger partial charge >= 0.3 is 0 Å². The molecule has 0 aliphatic carbocycles. The van der Waals surface area contributed by atoms with Gasteiger partial charge in [0.1, 0.15) is 29.8 Å². The summed E-state index contributed by atoms with van der Waals surface area (Å²) < 4.78 is 31.0. The minimum atomic E-state index is -0.699. The molecule has 0 amide bonds. The topological polar surface area (TPSA) is 61.0 Å². The number of nitrogens with zero attached hydrogens (tertiary/aromatic N) is 2. The summed E-state index contributed by atoms with van der Waals surface area (Å²) in [5.41, 5.74) is 6.25. The first-order valence-corrected chi connectivity index (χ1v) is 5.22. The lowest BCUT2D eigenvalue weighted by atomic mass is 10.3. The van der Waals surface area contributed by atoms with Crippen LogP contribution in [-0.4, -0.2) is 9.97 Å². The Balaban J connectivity index is 2.11. The lowest BCUT2D eigenvalue weighted by Gasteiger charge is -2.06. The minimum absolute atomic E-state index is 0.00519. The van der Waals surface area contributed by atoms with E-state index >= 15 is 0 Å². The maximum Gasteiger partial charge on any atom is 0.168 e. The monoisotopic (exact) mass is 251 g/mol. The maximum atomic E-state index is 12.9. The van der Waals surface area contributed by atoms with Gasteiger partial charge in [-0.05, 0) is 6.92 Å². The number of nitrogen functional groups attached to an aromatic ring is 1. The number of anilines is 1. The van der Waals surface area contributed by atoms with E-state index in [9.17, 15) is 8.78 Å². The first-order valence-electron chi connectivity index (χ1n) is 5.22. The number of aromatic nitrogens is 2. The Hall–Kier alpha value is -2.24. The summed E-state index contributed by atoms with van der Waals surface area (Å²) in [6.07, 6.45) is 0. The van der Waals surface area contributed by atoms with Crippen LogP contribution < -0.4 is 10.5 Å². The molecule has 0 aliphatic heterocycles. The number of nitrogens with two attached hydrogens (primary N) is 1. The number of aryl methyl sites for hydroxylation is 1. The van der Waals surface area contributed by atoms with E-state index < -0.39 is 11.6 Å². The van der Waals surface area contributed by atoms with Gasteiger partial charge in [-0.25, -0.2) is 18.7 Å². The highest BCUT2D eigenvalue weighted by Crippen LogP contribution is 2.16. The number of ether oxygens (including phenoxy) is 1. The molecule has 0 unspecified atom stereocenters. The first-order chi connectivity index (χ1) is 8.52. The second-order valence-electron chi connectivity index (χ2n) is 3.74. The van der Waals surface area contributed by atoms with E-state index in [1.165, 1.54) is 0 Å². The number of rotatable bonds is 3. The van der Waals surface area contributed by atoms with E-state index in [0.29, 0.717) is 17.3 Å². The normalized spacial score (nSPS) is 10.4. The summed E-state index contributed by atoms with van der Waals surface area (Å²) >= 11 is 0. The van der Waals surface area contributed by atoms with Crippen LogP contribution in [0.25, 0.3) is 0 Å². The van der Waals surface area contributed by atoms with Crippen molar-refractivity contribution in [3.8, 4) is 5.75 Å². The van der Waals surface area contributed by atoms with Gasteiger partial charge in [-0.1, -0.05) is 0 Å². The fourth-order valence-electron chi connectivity index (χ4n) is 1.48. The molecule has 2 aromatic rings. The summed E-state index contributed by atoms with van der Waals surface area (Å²) in [4.78, 5) is 8.04. The zero-order valence-electron chi connectivity index (χ0n) is 9.65. The maximum absolute atomic E-state index is 12.9. The van der Waals surface area contributed by atoms with Crippen molar-refractivity contribution < 1.29 is 13.5 Å². The van der Waals surface area contributed by atoms with E-state index in [0.717, 1.165) is 18.2 Å². The molecule has 1 heterocycles. The molecule has 0 saturated carbocycles. The van der Waals surface area contributed by atoms with Crippen molar-refractivity contribution in [2.45, 2.75) is 13.5 Å². The Kier molecular flexibility index (Phi) is 3.36. The second kappa shape index (κ2) is 4.95. The average Bonchev–Trinajstić information content (AvgIpc) is 2.23. The fraction of sp³-hybridized carbons (Fsp3) is 0.167. The Morgan fingerprint density at radius 2 is 1.78 bits per heavy atom. The number of halogens is 2. The highest BCUT2D eigenvalue weighted by Gasteiger charge is 2.04. The van der Waals surface area contributed by atoms with Crippen molar-refractivity contribution in [3.63, 3.8) is 0 Å². The molecule has 2 rings (SSSR count).